The van der Waals surface area contributed by atoms with Crippen LogP contribution in [0.5, 0.6) is 0 Å². The van der Waals surface area contributed by atoms with Crippen molar-refractivity contribution in [1.82, 2.24) is 0 Å². The van der Waals surface area contributed by atoms with E-state index >= 15 is 0 Å². The van der Waals surface area contributed by atoms with Crippen LogP contribution in [0.3, 0.4) is 0 Å². The summed E-state index contributed by atoms with van der Waals surface area (Å²) in [6.45, 7) is 0.925. The first-order valence-corrected chi connectivity index (χ1v) is 7.25. The molecule has 0 N–H and O–H groups in total. The Morgan fingerprint density at radius 2 is 2.00 bits per heavy atom. The molecule has 3 nitrogen and oxygen atoms in total. The summed E-state index contributed by atoms with van der Waals surface area (Å²) >= 11 is 6.07. The van der Waals surface area contributed by atoms with Gasteiger partial charge in [0.05, 0.1) is 11.3 Å². The summed E-state index contributed by atoms with van der Waals surface area (Å²) in [5.41, 5.74) is 2.38. The van der Waals surface area contributed by atoms with E-state index in [0.717, 1.165) is 41.6 Å². The minimum atomic E-state index is 0.600. The molecule has 0 unspecified atom stereocenters. The second-order valence-corrected chi connectivity index (χ2v) is 5.33. The van der Waals surface area contributed by atoms with Gasteiger partial charge in [-0.05, 0) is 36.8 Å². The highest BCUT2D eigenvalue weighted by Gasteiger charge is 2.20. The summed E-state index contributed by atoms with van der Waals surface area (Å²) in [5.74, 6) is 0.986. The van der Waals surface area contributed by atoms with E-state index in [1.165, 1.54) is 0 Å². The van der Waals surface area contributed by atoms with E-state index in [9.17, 15) is 0 Å². The Morgan fingerprint density at radius 1 is 1.14 bits per heavy atom. The molecule has 0 atom stereocenters. The van der Waals surface area contributed by atoms with Crippen LogP contribution in [0.4, 0.5) is 11.4 Å². The van der Waals surface area contributed by atoms with Crippen LogP contribution in [0.2, 0.25) is 5.02 Å². The number of benzene rings is 2. The zero-order valence-corrected chi connectivity index (χ0v) is 12.2. The van der Waals surface area contributed by atoms with E-state index in [0.29, 0.717) is 5.56 Å². The lowest BCUT2D eigenvalue weighted by Gasteiger charge is -2.19. The van der Waals surface area contributed by atoms with Gasteiger partial charge in [0.1, 0.15) is 11.9 Å². The Balaban J connectivity index is 1.98. The van der Waals surface area contributed by atoms with Gasteiger partial charge in [-0.1, -0.05) is 29.8 Å². The van der Waals surface area contributed by atoms with Crippen molar-refractivity contribution in [3.05, 3.63) is 59.1 Å². The SMILES string of the molecule is N#Cc1ccccc1N=C1CCCN1c1cccc(Cl)c1. The second-order valence-electron chi connectivity index (χ2n) is 4.89. The number of hydrogen-bond acceptors (Lipinski definition) is 2. The summed E-state index contributed by atoms with van der Waals surface area (Å²) < 4.78 is 0. The highest BCUT2D eigenvalue weighted by Crippen LogP contribution is 2.27. The number of nitriles is 1. The molecule has 1 aliphatic rings. The largest absolute Gasteiger partial charge is 0.330 e. The Morgan fingerprint density at radius 3 is 2.81 bits per heavy atom. The van der Waals surface area contributed by atoms with Gasteiger partial charge in [0.15, 0.2) is 0 Å². The minimum Gasteiger partial charge on any atom is -0.330 e. The number of anilines is 1. The highest BCUT2D eigenvalue weighted by atomic mass is 35.5. The van der Waals surface area contributed by atoms with E-state index in [1.807, 2.05) is 42.5 Å². The van der Waals surface area contributed by atoms with Gasteiger partial charge in [-0.15, -0.1) is 0 Å². The van der Waals surface area contributed by atoms with E-state index in [-0.39, 0.29) is 0 Å². The standard InChI is InChI=1S/C17H14ClN3/c18-14-6-3-7-15(11-14)21-10-4-9-17(21)20-16-8-2-1-5-13(16)12-19/h1-3,5-8,11H,4,9-10H2. The number of halogens is 1. The minimum absolute atomic E-state index is 0.600. The van der Waals surface area contributed by atoms with Crippen LogP contribution in [0, 0.1) is 11.3 Å². The summed E-state index contributed by atoms with van der Waals surface area (Å²) in [4.78, 5) is 6.86. The van der Waals surface area contributed by atoms with Gasteiger partial charge < -0.3 is 4.90 Å². The topological polar surface area (TPSA) is 39.4 Å². The highest BCUT2D eigenvalue weighted by molar-refractivity contribution is 6.31. The van der Waals surface area contributed by atoms with Crippen LogP contribution in [-0.2, 0) is 0 Å². The lowest BCUT2D eigenvalue weighted by molar-refractivity contribution is 0.956. The fraction of sp³-hybridized carbons (Fsp3) is 0.176. The lowest BCUT2D eigenvalue weighted by Crippen LogP contribution is -2.23. The molecule has 1 saturated heterocycles. The number of rotatable bonds is 2. The Hall–Kier alpha value is -2.31. The van der Waals surface area contributed by atoms with Crippen molar-refractivity contribution in [2.24, 2.45) is 4.99 Å². The van der Waals surface area contributed by atoms with Gasteiger partial charge in [0.25, 0.3) is 0 Å². The van der Waals surface area contributed by atoms with Gasteiger partial charge in [0.2, 0.25) is 0 Å². The molecule has 4 heteroatoms. The Kier molecular flexibility index (Phi) is 3.89. The number of para-hydroxylation sites is 1. The van der Waals surface area contributed by atoms with Crippen LogP contribution in [0.25, 0.3) is 0 Å². The number of hydrogen-bond donors (Lipinski definition) is 0. The van der Waals surface area contributed by atoms with E-state index < -0.39 is 0 Å². The van der Waals surface area contributed by atoms with Crippen molar-refractivity contribution < 1.29 is 0 Å². The fourth-order valence-corrected chi connectivity index (χ4v) is 2.69. The summed E-state index contributed by atoms with van der Waals surface area (Å²) in [5, 5.41) is 9.88. The average molecular weight is 296 g/mol. The molecule has 104 valence electrons. The van der Waals surface area contributed by atoms with E-state index in [1.54, 1.807) is 6.07 Å². The van der Waals surface area contributed by atoms with Gasteiger partial charge in [0, 0.05) is 23.7 Å². The van der Waals surface area contributed by atoms with Crippen LogP contribution in [0.1, 0.15) is 18.4 Å². The molecule has 1 fully saturated rings. The smallest absolute Gasteiger partial charge is 0.109 e. The Bertz CT molecular complexity index is 731. The first-order chi connectivity index (χ1) is 10.3. The molecule has 0 bridgehead atoms. The summed E-state index contributed by atoms with van der Waals surface area (Å²) in [7, 11) is 0. The van der Waals surface area contributed by atoms with Gasteiger partial charge in [-0.2, -0.15) is 5.26 Å². The number of nitrogens with zero attached hydrogens (tertiary/aromatic N) is 3. The fourth-order valence-electron chi connectivity index (χ4n) is 2.50. The maximum absolute atomic E-state index is 9.16. The summed E-state index contributed by atoms with van der Waals surface area (Å²) in [6.07, 6.45) is 1.96. The summed E-state index contributed by atoms with van der Waals surface area (Å²) in [6, 6.07) is 17.4. The molecule has 0 radical (unpaired) electrons. The van der Waals surface area contributed by atoms with E-state index in [4.69, 9.17) is 21.9 Å². The van der Waals surface area contributed by atoms with Crippen LogP contribution < -0.4 is 4.90 Å². The van der Waals surface area contributed by atoms with Crippen molar-refractivity contribution in [3.8, 4) is 6.07 Å². The Labute approximate surface area is 129 Å². The molecule has 0 aliphatic carbocycles. The molecule has 21 heavy (non-hydrogen) atoms. The molecule has 2 aromatic rings. The molecule has 1 aliphatic heterocycles. The second kappa shape index (κ2) is 5.99. The van der Waals surface area contributed by atoms with Crippen molar-refractivity contribution >= 4 is 28.8 Å². The van der Waals surface area contributed by atoms with Crippen LogP contribution in [0.15, 0.2) is 53.5 Å². The van der Waals surface area contributed by atoms with Crippen LogP contribution >= 0.6 is 11.6 Å². The third-order valence-corrected chi connectivity index (χ3v) is 3.72. The van der Waals surface area contributed by atoms with Crippen molar-refractivity contribution in [3.63, 3.8) is 0 Å². The molecule has 0 spiro atoms. The molecule has 0 aromatic heterocycles. The molecular formula is C17H14ClN3. The van der Waals surface area contributed by atoms with Crippen molar-refractivity contribution in [1.29, 1.82) is 5.26 Å². The molecule has 1 heterocycles. The van der Waals surface area contributed by atoms with Gasteiger partial charge in [-0.25, -0.2) is 4.99 Å². The molecule has 3 rings (SSSR count). The predicted molar refractivity (Wildman–Crippen MR) is 86.3 cm³/mol. The zero-order chi connectivity index (χ0) is 14.7. The first kappa shape index (κ1) is 13.7. The number of amidine groups is 1. The zero-order valence-electron chi connectivity index (χ0n) is 11.5. The molecule has 0 saturated carbocycles. The monoisotopic (exact) mass is 295 g/mol. The molecule has 0 amide bonds. The predicted octanol–water partition coefficient (Wildman–Crippen LogP) is 4.54. The number of aliphatic imine (C=N–C) groups is 1. The maximum atomic E-state index is 9.16. The van der Waals surface area contributed by atoms with Gasteiger partial charge in [-0.3, -0.25) is 0 Å². The molecule has 2 aromatic carbocycles. The third kappa shape index (κ3) is 2.91. The van der Waals surface area contributed by atoms with Crippen LogP contribution in [-0.4, -0.2) is 12.4 Å². The van der Waals surface area contributed by atoms with Gasteiger partial charge >= 0.3 is 0 Å². The maximum Gasteiger partial charge on any atom is 0.109 e. The first-order valence-electron chi connectivity index (χ1n) is 6.88. The normalized spacial score (nSPS) is 16.2. The average Bonchev–Trinajstić information content (AvgIpc) is 2.96. The third-order valence-electron chi connectivity index (χ3n) is 3.49. The molecular weight excluding hydrogens is 282 g/mol. The van der Waals surface area contributed by atoms with Crippen molar-refractivity contribution in [2.45, 2.75) is 12.8 Å². The van der Waals surface area contributed by atoms with Crippen molar-refractivity contribution in [2.75, 3.05) is 11.4 Å². The lowest BCUT2D eigenvalue weighted by atomic mass is 10.2. The quantitative estimate of drug-likeness (QED) is 0.816. The van der Waals surface area contributed by atoms with E-state index in [2.05, 4.69) is 11.0 Å².